The minimum atomic E-state index is -0.519. The Balaban J connectivity index is 2.21. The van der Waals surface area contributed by atoms with E-state index in [4.69, 9.17) is 5.73 Å². The number of pyridine rings is 1. The lowest BCUT2D eigenvalue weighted by molar-refractivity contribution is -0.119. The highest BCUT2D eigenvalue weighted by atomic mass is 16.5. The molecule has 0 aliphatic carbocycles. The van der Waals surface area contributed by atoms with Crippen LogP contribution in [0.2, 0.25) is 0 Å². The van der Waals surface area contributed by atoms with Gasteiger partial charge in [0.05, 0.1) is 25.0 Å². The van der Waals surface area contributed by atoms with Gasteiger partial charge in [0.1, 0.15) is 11.4 Å². The van der Waals surface area contributed by atoms with Crippen LogP contribution in [0.4, 0.5) is 11.5 Å². The summed E-state index contributed by atoms with van der Waals surface area (Å²) in [5.41, 5.74) is 6.22. The average molecular weight is 250 g/mol. The third kappa shape index (κ3) is 2.50. The second-order valence-electron chi connectivity index (χ2n) is 4.01. The summed E-state index contributed by atoms with van der Waals surface area (Å²) in [7, 11) is 1.29. The molecule has 96 valence electrons. The average Bonchev–Trinajstić information content (AvgIpc) is 2.76. The van der Waals surface area contributed by atoms with Crippen molar-refractivity contribution >= 4 is 23.4 Å². The molecule has 0 saturated carbocycles. The molecule has 1 atom stereocenters. The third-order valence-electron chi connectivity index (χ3n) is 2.63. The molecule has 1 saturated heterocycles. The molecular formula is C11H14N4O3. The van der Waals surface area contributed by atoms with E-state index in [-0.39, 0.29) is 17.5 Å². The lowest BCUT2D eigenvalue weighted by atomic mass is 10.2. The Labute approximate surface area is 104 Å². The van der Waals surface area contributed by atoms with E-state index in [2.05, 4.69) is 20.4 Å². The zero-order valence-electron chi connectivity index (χ0n) is 9.90. The fourth-order valence-electron chi connectivity index (χ4n) is 1.76. The maximum absolute atomic E-state index is 11.6. The van der Waals surface area contributed by atoms with E-state index in [1.807, 2.05) is 0 Å². The number of hydrogen-bond donors (Lipinski definition) is 3. The molecule has 1 fully saturated rings. The van der Waals surface area contributed by atoms with Crippen molar-refractivity contribution in [1.82, 2.24) is 10.3 Å². The summed E-state index contributed by atoms with van der Waals surface area (Å²) in [4.78, 5) is 26.7. The molecular weight excluding hydrogens is 236 g/mol. The smallest absolute Gasteiger partial charge is 0.341 e. The van der Waals surface area contributed by atoms with Crippen LogP contribution < -0.4 is 16.4 Å². The molecule has 18 heavy (non-hydrogen) atoms. The molecule has 1 aliphatic rings. The molecule has 1 amide bonds. The van der Waals surface area contributed by atoms with Crippen molar-refractivity contribution in [3.05, 3.63) is 17.8 Å². The van der Waals surface area contributed by atoms with Crippen LogP contribution in [0.1, 0.15) is 16.8 Å². The molecule has 4 N–H and O–H groups in total. The second kappa shape index (κ2) is 4.91. The summed E-state index contributed by atoms with van der Waals surface area (Å²) in [6.07, 6.45) is 1.80. The maximum atomic E-state index is 11.6. The zero-order valence-corrected chi connectivity index (χ0v) is 9.90. The minimum absolute atomic E-state index is 0.0254. The quantitative estimate of drug-likeness (QED) is 0.639. The van der Waals surface area contributed by atoms with E-state index in [1.165, 1.54) is 19.4 Å². The van der Waals surface area contributed by atoms with Crippen LogP contribution in [-0.2, 0) is 9.53 Å². The van der Waals surface area contributed by atoms with E-state index in [0.717, 1.165) is 0 Å². The number of amides is 1. The fraction of sp³-hybridized carbons (Fsp3) is 0.364. The number of aromatic nitrogens is 1. The summed E-state index contributed by atoms with van der Waals surface area (Å²) >= 11 is 0. The Morgan fingerprint density at radius 1 is 1.67 bits per heavy atom. The summed E-state index contributed by atoms with van der Waals surface area (Å²) in [6, 6.07) is 1.41. The summed E-state index contributed by atoms with van der Waals surface area (Å²) in [5.74, 6) is -0.172. The number of carbonyl (C=O) groups is 2. The van der Waals surface area contributed by atoms with Gasteiger partial charge in [0.15, 0.2) is 0 Å². The van der Waals surface area contributed by atoms with E-state index < -0.39 is 5.97 Å². The highest BCUT2D eigenvalue weighted by molar-refractivity contribution is 5.95. The number of hydrogen-bond acceptors (Lipinski definition) is 6. The van der Waals surface area contributed by atoms with Gasteiger partial charge >= 0.3 is 5.97 Å². The molecule has 1 aliphatic heterocycles. The number of anilines is 2. The van der Waals surface area contributed by atoms with Crippen LogP contribution in [0.15, 0.2) is 12.3 Å². The predicted molar refractivity (Wildman–Crippen MR) is 65.0 cm³/mol. The number of nitrogens with zero attached hydrogens (tertiary/aromatic N) is 1. The largest absolute Gasteiger partial charge is 0.465 e. The zero-order chi connectivity index (χ0) is 13.1. The van der Waals surface area contributed by atoms with Crippen molar-refractivity contribution in [3.63, 3.8) is 0 Å². The number of carbonyl (C=O) groups excluding carboxylic acids is 2. The van der Waals surface area contributed by atoms with Crippen LogP contribution in [0.3, 0.4) is 0 Å². The monoisotopic (exact) mass is 250 g/mol. The Kier molecular flexibility index (Phi) is 3.31. The van der Waals surface area contributed by atoms with Gasteiger partial charge in [-0.2, -0.15) is 0 Å². The second-order valence-corrected chi connectivity index (χ2v) is 4.01. The predicted octanol–water partition coefficient (Wildman–Crippen LogP) is -0.249. The number of nitrogen functional groups attached to an aromatic ring is 1. The van der Waals surface area contributed by atoms with Gasteiger partial charge in [-0.05, 0) is 6.07 Å². The molecule has 1 aromatic heterocycles. The van der Waals surface area contributed by atoms with Crippen molar-refractivity contribution in [3.8, 4) is 0 Å². The van der Waals surface area contributed by atoms with Crippen LogP contribution >= 0.6 is 0 Å². The number of rotatable bonds is 3. The third-order valence-corrected chi connectivity index (χ3v) is 2.63. The number of esters is 1. The van der Waals surface area contributed by atoms with E-state index in [9.17, 15) is 9.59 Å². The van der Waals surface area contributed by atoms with Gasteiger partial charge in [0, 0.05) is 13.0 Å². The van der Waals surface area contributed by atoms with Crippen molar-refractivity contribution in [2.24, 2.45) is 0 Å². The molecule has 0 aromatic carbocycles. The Morgan fingerprint density at radius 3 is 3.06 bits per heavy atom. The van der Waals surface area contributed by atoms with Gasteiger partial charge in [-0.3, -0.25) is 4.79 Å². The highest BCUT2D eigenvalue weighted by Gasteiger charge is 2.23. The summed E-state index contributed by atoms with van der Waals surface area (Å²) < 4.78 is 4.66. The molecule has 1 unspecified atom stereocenters. The van der Waals surface area contributed by atoms with E-state index >= 15 is 0 Å². The Hall–Kier alpha value is -2.31. The molecule has 0 radical (unpaired) electrons. The van der Waals surface area contributed by atoms with Gasteiger partial charge in [-0.1, -0.05) is 0 Å². The number of nitrogens with two attached hydrogens (primary N) is 1. The Bertz CT molecular complexity index is 489. The van der Waals surface area contributed by atoms with Crippen LogP contribution in [0.5, 0.6) is 0 Å². The van der Waals surface area contributed by atoms with Gasteiger partial charge in [0.25, 0.3) is 0 Å². The van der Waals surface area contributed by atoms with Crippen molar-refractivity contribution in [2.75, 3.05) is 24.7 Å². The number of nitrogens with one attached hydrogen (secondary N) is 2. The summed E-state index contributed by atoms with van der Waals surface area (Å²) in [5, 5.41) is 5.73. The summed E-state index contributed by atoms with van der Waals surface area (Å²) in [6.45, 7) is 0.505. The lowest BCUT2D eigenvalue weighted by Gasteiger charge is -2.14. The molecule has 1 aromatic rings. The fourth-order valence-corrected chi connectivity index (χ4v) is 1.76. The van der Waals surface area contributed by atoms with Gasteiger partial charge in [-0.15, -0.1) is 0 Å². The van der Waals surface area contributed by atoms with Crippen molar-refractivity contribution in [2.45, 2.75) is 12.5 Å². The molecule has 0 bridgehead atoms. The normalized spacial score (nSPS) is 18.3. The first-order chi connectivity index (χ1) is 8.60. The van der Waals surface area contributed by atoms with Crippen molar-refractivity contribution < 1.29 is 14.3 Å². The molecule has 7 nitrogen and oxygen atoms in total. The number of methoxy groups -OCH3 is 1. The van der Waals surface area contributed by atoms with Gasteiger partial charge in [0.2, 0.25) is 5.91 Å². The Morgan fingerprint density at radius 2 is 2.44 bits per heavy atom. The topological polar surface area (TPSA) is 106 Å². The van der Waals surface area contributed by atoms with Crippen LogP contribution in [-0.4, -0.2) is 36.6 Å². The van der Waals surface area contributed by atoms with E-state index in [1.54, 1.807) is 0 Å². The van der Waals surface area contributed by atoms with Gasteiger partial charge < -0.3 is 21.1 Å². The number of ether oxygens (including phenoxy) is 1. The minimum Gasteiger partial charge on any atom is -0.465 e. The molecule has 0 spiro atoms. The van der Waals surface area contributed by atoms with Gasteiger partial charge in [-0.25, -0.2) is 9.78 Å². The van der Waals surface area contributed by atoms with Crippen LogP contribution in [0.25, 0.3) is 0 Å². The molecule has 7 heteroatoms. The van der Waals surface area contributed by atoms with Crippen molar-refractivity contribution in [1.29, 1.82) is 0 Å². The SMILES string of the molecule is COC(=O)c1cc(N)cnc1NC1CNC(=O)C1. The lowest BCUT2D eigenvalue weighted by Crippen LogP contribution is -2.24. The first kappa shape index (κ1) is 12.2. The first-order valence-electron chi connectivity index (χ1n) is 5.47. The van der Waals surface area contributed by atoms with Crippen LogP contribution in [0, 0.1) is 0 Å². The standard InChI is InChI=1S/C11H14N4O3/c1-18-11(17)8-2-6(12)4-14-10(8)15-7-3-9(16)13-5-7/h2,4,7H,3,5,12H2,1H3,(H,13,16)(H,14,15). The van der Waals surface area contributed by atoms with E-state index in [0.29, 0.717) is 24.5 Å². The maximum Gasteiger partial charge on any atom is 0.341 e. The molecule has 2 heterocycles. The highest BCUT2D eigenvalue weighted by Crippen LogP contribution is 2.18. The molecule has 2 rings (SSSR count). The first-order valence-corrected chi connectivity index (χ1v) is 5.47.